The fourth-order valence-electron chi connectivity index (χ4n) is 5.34. The summed E-state index contributed by atoms with van der Waals surface area (Å²) in [5, 5.41) is 1.84. The number of thioether (sulfide) groups is 1. The Balaban J connectivity index is 1.33. The number of hydrogen-bond donors (Lipinski definition) is 1. The number of nitrogens with one attached hydrogen (secondary N) is 1. The molecule has 40 heavy (non-hydrogen) atoms. The third-order valence-corrected chi connectivity index (χ3v) is 8.42. The van der Waals surface area contributed by atoms with Gasteiger partial charge in [0.2, 0.25) is 0 Å². The van der Waals surface area contributed by atoms with E-state index in [2.05, 4.69) is 22.0 Å². The number of methoxy groups -OCH3 is 2. The summed E-state index contributed by atoms with van der Waals surface area (Å²) < 4.78 is 11.6. The highest BCUT2D eigenvalue weighted by Gasteiger charge is 2.34. The van der Waals surface area contributed by atoms with Crippen molar-refractivity contribution in [3.63, 3.8) is 0 Å². The number of rotatable bonds is 8. The van der Waals surface area contributed by atoms with Crippen molar-refractivity contribution in [3.05, 3.63) is 89.0 Å². The summed E-state index contributed by atoms with van der Waals surface area (Å²) in [5.41, 5.74) is 4.91. The molecule has 0 saturated carbocycles. The summed E-state index contributed by atoms with van der Waals surface area (Å²) in [7, 11) is 3.35. The molecule has 3 heterocycles. The zero-order valence-corrected chi connectivity index (χ0v) is 23.5. The average molecular weight is 553 g/mol. The molecule has 2 fully saturated rings. The summed E-state index contributed by atoms with van der Waals surface area (Å²) in [5.74, 6) is 1.42. The number of hydrogen-bond acceptors (Lipinski definition) is 6. The minimum Gasteiger partial charge on any atom is -0.496 e. The molecule has 0 unspecified atom stereocenters. The maximum absolute atomic E-state index is 13.8. The van der Waals surface area contributed by atoms with Gasteiger partial charge in [-0.25, -0.2) is 4.99 Å². The molecule has 2 saturated heterocycles. The molecule has 0 atom stereocenters. The van der Waals surface area contributed by atoms with Gasteiger partial charge in [0, 0.05) is 48.4 Å². The molecule has 6 rings (SSSR count). The molecule has 204 valence electrons. The minimum absolute atomic E-state index is 0.0656. The fraction of sp³-hybridized carbons (Fsp3) is 0.250. The zero-order chi connectivity index (χ0) is 27.5. The van der Waals surface area contributed by atoms with Crippen LogP contribution in [0.1, 0.15) is 24.0 Å². The van der Waals surface area contributed by atoms with Crippen LogP contribution < -0.4 is 14.4 Å². The van der Waals surface area contributed by atoms with Crippen molar-refractivity contribution < 1.29 is 14.3 Å². The lowest BCUT2D eigenvalue weighted by molar-refractivity contribution is -0.122. The highest BCUT2D eigenvalue weighted by atomic mass is 32.2. The molecule has 0 spiro atoms. The summed E-state index contributed by atoms with van der Waals surface area (Å²) in [4.78, 5) is 26.7. The normalized spacial score (nSPS) is 17.5. The van der Waals surface area contributed by atoms with E-state index in [4.69, 9.17) is 14.5 Å². The van der Waals surface area contributed by atoms with Gasteiger partial charge in [-0.1, -0.05) is 36.4 Å². The molecular weight excluding hydrogens is 520 g/mol. The Morgan fingerprint density at radius 1 is 0.975 bits per heavy atom. The second-order valence-electron chi connectivity index (χ2n) is 9.87. The van der Waals surface area contributed by atoms with Crippen molar-refractivity contribution in [2.24, 2.45) is 4.99 Å². The molecule has 4 aromatic rings. The molecule has 1 amide bonds. The molecular formula is C32H32N4O3S. The van der Waals surface area contributed by atoms with Gasteiger partial charge in [0.05, 0.1) is 30.5 Å². The Morgan fingerprint density at radius 3 is 2.50 bits per heavy atom. The maximum atomic E-state index is 13.8. The number of benzene rings is 3. The molecule has 1 N–H and O–H groups in total. The van der Waals surface area contributed by atoms with E-state index in [0.717, 1.165) is 41.3 Å². The van der Waals surface area contributed by atoms with Gasteiger partial charge in [-0.3, -0.25) is 9.69 Å². The number of aliphatic imine (C=N–C) groups is 1. The standard InChI is InChI=1S/C32H32N4O3S/c1-38-28-20-27(35-15-8-9-16-35)29(39-2)18-23(28)19-30-31(37)36(32(40-30)34-24-10-4-3-5-11-24)17-14-22-21-33-26-13-7-6-12-25(22)26/h3-7,10-13,18-21,33H,8-9,14-17H2,1-2H3/b30-19-,34-32?. The number of fused-ring (bicyclic) bond motifs is 1. The summed E-state index contributed by atoms with van der Waals surface area (Å²) in [6.45, 7) is 2.52. The first-order valence-corrected chi connectivity index (χ1v) is 14.4. The quantitative estimate of drug-likeness (QED) is 0.249. The first-order valence-electron chi connectivity index (χ1n) is 13.6. The monoisotopic (exact) mass is 552 g/mol. The Morgan fingerprint density at radius 2 is 1.73 bits per heavy atom. The van der Waals surface area contributed by atoms with Crippen LogP contribution in [0.15, 0.2) is 82.8 Å². The Labute approximate surface area is 238 Å². The van der Waals surface area contributed by atoms with Crippen LogP contribution in [0.25, 0.3) is 17.0 Å². The van der Waals surface area contributed by atoms with Gasteiger partial charge in [-0.05, 0) is 66.9 Å². The van der Waals surface area contributed by atoms with Crippen molar-refractivity contribution >= 4 is 51.2 Å². The number of amides is 1. The zero-order valence-electron chi connectivity index (χ0n) is 22.7. The van der Waals surface area contributed by atoms with Crippen LogP contribution in [0, 0.1) is 0 Å². The predicted octanol–water partition coefficient (Wildman–Crippen LogP) is 6.63. The van der Waals surface area contributed by atoms with Crippen molar-refractivity contribution in [1.82, 2.24) is 9.88 Å². The number of carbonyl (C=O) groups excluding carboxylic acids is 1. The van der Waals surface area contributed by atoms with Crippen LogP contribution in [0.2, 0.25) is 0 Å². The van der Waals surface area contributed by atoms with E-state index in [9.17, 15) is 4.79 Å². The molecule has 0 radical (unpaired) electrons. The van der Waals surface area contributed by atoms with Gasteiger partial charge in [0.25, 0.3) is 5.91 Å². The molecule has 2 aliphatic heterocycles. The Hall–Kier alpha value is -4.17. The highest BCUT2D eigenvalue weighted by Crippen LogP contribution is 2.41. The second kappa shape index (κ2) is 11.5. The van der Waals surface area contributed by atoms with Gasteiger partial charge in [0.15, 0.2) is 5.17 Å². The summed E-state index contributed by atoms with van der Waals surface area (Å²) in [6.07, 6.45) is 6.97. The number of anilines is 1. The van der Waals surface area contributed by atoms with Crippen LogP contribution >= 0.6 is 11.8 Å². The number of amidine groups is 1. The lowest BCUT2D eigenvalue weighted by Gasteiger charge is -2.22. The van der Waals surface area contributed by atoms with E-state index < -0.39 is 0 Å². The van der Waals surface area contributed by atoms with E-state index >= 15 is 0 Å². The van der Waals surface area contributed by atoms with E-state index in [-0.39, 0.29) is 5.91 Å². The molecule has 0 bridgehead atoms. The SMILES string of the molecule is COc1cc(N2CCCC2)c(OC)cc1/C=C1\SC(=Nc2ccccc2)N(CCc2c[nH]c3ccccc23)C1=O. The van der Waals surface area contributed by atoms with Gasteiger partial charge < -0.3 is 19.4 Å². The summed E-state index contributed by atoms with van der Waals surface area (Å²) >= 11 is 1.39. The molecule has 2 aliphatic rings. The van der Waals surface area contributed by atoms with E-state index in [1.165, 1.54) is 35.6 Å². The number of carbonyl (C=O) groups is 1. The number of nitrogens with zero attached hydrogens (tertiary/aromatic N) is 3. The van der Waals surface area contributed by atoms with Crippen molar-refractivity contribution in [1.29, 1.82) is 0 Å². The van der Waals surface area contributed by atoms with Crippen molar-refractivity contribution in [2.45, 2.75) is 19.3 Å². The molecule has 7 nitrogen and oxygen atoms in total. The maximum Gasteiger partial charge on any atom is 0.266 e. The third-order valence-electron chi connectivity index (χ3n) is 7.41. The highest BCUT2D eigenvalue weighted by molar-refractivity contribution is 8.18. The van der Waals surface area contributed by atoms with Crippen molar-refractivity contribution in [2.75, 3.05) is 38.8 Å². The average Bonchev–Trinajstić information content (AvgIpc) is 3.73. The number of ether oxygens (including phenoxy) is 2. The molecule has 0 aliphatic carbocycles. The molecule has 1 aromatic heterocycles. The van der Waals surface area contributed by atoms with Crippen LogP contribution in [0.5, 0.6) is 11.5 Å². The lowest BCUT2D eigenvalue weighted by Crippen LogP contribution is -2.31. The Kier molecular flexibility index (Phi) is 7.51. The van der Waals surface area contributed by atoms with Gasteiger partial charge in [0.1, 0.15) is 11.5 Å². The van der Waals surface area contributed by atoms with Gasteiger partial charge in [-0.15, -0.1) is 0 Å². The molecule has 8 heteroatoms. The van der Waals surface area contributed by atoms with Crippen LogP contribution in [-0.4, -0.2) is 54.8 Å². The lowest BCUT2D eigenvalue weighted by atomic mass is 10.1. The van der Waals surface area contributed by atoms with Crippen LogP contribution in [0.3, 0.4) is 0 Å². The van der Waals surface area contributed by atoms with Gasteiger partial charge in [-0.2, -0.15) is 0 Å². The van der Waals surface area contributed by atoms with E-state index in [0.29, 0.717) is 28.8 Å². The van der Waals surface area contributed by atoms with Crippen LogP contribution in [-0.2, 0) is 11.2 Å². The van der Waals surface area contributed by atoms with E-state index in [1.54, 1.807) is 19.1 Å². The van der Waals surface area contributed by atoms with Crippen molar-refractivity contribution in [3.8, 4) is 11.5 Å². The second-order valence-corrected chi connectivity index (χ2v) is 10.9. The number of para-hydroxylation sites is 2. The topological polar surface area (TPSA) is 70.2 Å². The number of aromatic amines is 1. The third kappa shape index (κ3) is 5.19. The van der Waals surface area contributed by atoms with Gasteiger partial charge >= 0.3 is 0 Å². The fourth-order valence-corrected chi connectivity index (χ4v) is 6.35. The number of aromatic nitrogens is 1. The first-order chi connectivity index (χ1) is 19.6. The predicted molar refractivity (Wildman–Crippen MR) is 164 cm³/mol. The Bertz CT molecular complexity index is 1590. The molecule has 3 aromatic carbocycles. The first kappa shape index (κ1) is 26.1. The smallest absolute Gasteiger partial charge is 0.266 e. The minimum atomic E-state index is -0.0656. The number of H-pyrrole nitrogens is 1. The largest absolute Gasteiger partial charge is 0.496 e. The van der Waals surface area contributed by atoms with Crippen LogP contribution in [0.4, 0.5) is 11.4 Å². The summed E-state index contributed by atoms with van der Waals surface area (Å²) in [6, 6.07) is 22.0. The van der Waals surface area contributed by atoms with E-state index in [1.807, 2.05) is 66.9 Å².